The van der Waals surface area contributed by atoms with Crippen LogP contribution in [0.5, 0.6) is 0 Å². The van der Waals surface area contributed by atoms with Crippen molar-refractivity contribution in [3.8, 4) is 0 Å². The summed E-state index contributed by atoms with van der Waals surface area (Å²) in [6.07, 6.45) is 1.37. The zero-order valence-corrected chi connectivity index (χ0v) is 15.3. The summed E-state index contributed by atoms with van der Waals surface area (Å²) < 4.78 is 0. The van der Waals surface area contributed by atoms with Gasteiger partial charge in [0.05, 0.1) is 6.04 Å². The molecule has 2 aliphatic heterocycles. The molecule has 1 N–H and O–H groups in total. The Hall–Kier alpha value is -2.10. The van der Waals surface area contributed by atoms with Crippen LogP contribution in [0.3, 0.4) is 0 Å². The predicted molar refractivity (Wildman–Crippen MR) is 96.5 cm³/mol. The van der Waals surface area contributed by atoms with Crippen molar-refractivity contribution >= 4 is 11.8 Å². The summed E-state index contributed by atoms with van der Waals surface area (Å²) in [5.41, 5.74) is 2.95. The number of carbonyl (C=O) groups excluding carboxylic acids is 2. The van der Waals surface area contributed by atoms with Crippen molar-refractivity contribution in [2.45, 2.75) is 59.5 Å². The average molecular weight is 328 g/mol. The van der Waals surface area contributed by atoms with Gasteiger partial charge in [0.1, 0.15) is 6.04 Å². The van der Waals surface area contributed by atoms with Crippen molar-refractivity contribution in [3.05, 3.63) is 47.7 Å². The summed E-state index contributed by atoms with van der Waals surface area (Å²) in [7, 11) is 0. The summed E-state index contributed by atoms with van der Waals surface area (Å²) in [6.45, 7) is 14.5. The van der Waals surface area contributed by atoms with Crippen LogP contribution in [0.25, 0.3) is 0 Å². The van der Waals surface area contributed by atoms with Crippen molar-refractivity contribution in [1.29, 1.82) is 0 Å². The summed E-state index contributed by atoms with van der Waals surface area (Å²) in [5.74, 6) is -0.167. The van der Waals surface area contributed by atoms with Gasteiger partial charge in [0.25, 0.3) is 5.91 Å². The van der Waals surface area contributed by atoms with Gasteiger partial charge in [0.2, 0.25) is 5.91 Å². The van der Waals surface area contributed by atoms with Crippen molar-refractivity contribution in [2.75, 3.05) is 0 Å². The van der Waals surface area contributed by atoms with Gasteiger partial charge in [0.15, 0.2) is 0 Å². The van der Waals surface area contributed by atoms with Gasteiger partial charge < -0.3 is 10.2 Å². The Labute approximate surface area is 144 Å². The van der Waals surface area contributed by atoms with Gasteiger partial charge in [-0.15, -0.1) is 0 Å². The van der Waals surface area contributed by atoms with Crippen LogP contribution >= 0.6 is 0 Å². The number of hydrogen-bond acceptors (Lipinski definition) is 2. The lowest BCUT2D eigenvalue weighted by atomic mass is 10.0. The number of amides is 2. The number of fused-ring (bicyclic) bond motifs is 1. The first-order valence-electron chi connectivity index (χ1n) is 8.50. The third-order valence-electron chi connectivity index (χ3n) is 3.95. The lowest BCUT2D eigenvalue weighted by Gasteiger charge is -2.34. The zero-order valence-electron chi connectivity index (χ0n) is 15.3. The molecule has 0 spiro atoms. The summed E-state index contributed by atoms with van der Waals surface area (Å²) in [6, 6.07) is 7.13. The van der Waals surface area contributed by atoms with Crippen LogP contribution in [0.2, 0.25) is 0 Å². The van der Waals surface area contributed by atoms with E-state index in [0.29, 0.717) is 17.4 Å². The minimum atomic E-state index is -0.389. The molecule has 2 atom stereocenters. The maximum atomic E-state index is 12.5. The van der Waals surface area contributed by atoms with Crippen LogP contribution in [-0.4, -0.2) is 22.8 Å². The largest absolute Gasteiger partial charge is 0.329 e. The Balaban J connectivity index is 0.000000368. The Morgan fingerprint density at radius 1 is 1.17 bits per heavy atom. The SMILES string of the molecule is C=C1CCC(N2C(=O)c3ccccc3C2C)C(=O)N1.CC(C)(C)C. The number of rotatable bonds is 1. The summed E-state index contributed by atoms with van der Waals surface area (Å²) in [4.78, 5) is 26.2. The Morgan fingerprint density at radius 3 is 2.29 bits per heavy atom. The van der Waals surface area contributed by atoms with Gasteiger partial charge in [-0.05, 0) is 36.8 Å². The maximum absolute atomic E-state index is 12.5. The standard InChI is InChI=1S/C15H16N2O2.C5H12/c1-9-7-8-13(14(18)16-9)17-10(2)11-5-3-4-6-12(11)15(17)19;1-5(2,3)4/h3-6,10,13H,1,7-8H2,2H3,(H,16,18);1-4H3. The highest BCUT2D eigenvalue weighted by Gasteiger charge is 2.41. The van der Waals surface area contributed by atoms with Gasteiger partial charge in [-0.25, -0.2) is 0 Å². The van der Waals surface area contributed by atoms with Crippen LogP contribution in [0.4, 0.5) is 0 Å². The molecule has 0 radical (unpaired) electrons. The number of carbonyl (C=O) groups is 2. The van der Waals surface area contributed by atoms with Crippen LogP contribution in [0, 0.1) is 5.41 Å². The first kappa shape index (κ1) is 18.2. The van der Waals surface area contributed by atoms with Gasteiger partial charge in [-0.2, -0.15) is 0 Å². The Kier molecular flexibility index (Phi) is 5.16. The van der Waals surface area contributed by atoms with Gasteiger partial charge in [-0.1, -0.05) is 52.5 Å². The van der Waals surface area contributed by atoms with E-state index in [9.17, 15) is 9.59 Å². The fraction of sp³-hybridized carbons (Fsp3) is 0.500. The molecule has 2 heterocycles. The molecule has 1 saturated heterocycles. The minimum absolute atomic E-state index is 0.0456. The highest BCUT2D eigenvalue weighted by atomic mass is 16.2. The molecule has 0 bridgehead atoms. The second-order valence-electron chi connectivity index (χ2n) is 8.12. The van der Waals surface area contributed by atoms with Crippen LogP contribution < -0.4 is 5.32 Å². The van der Waals surface area contributed by atoms with Crippen LogP contribution in [-0.2, 0) is 4.79 Å². The molecule has 2 aliphatic rings. The molecule has 1 aromatic rings. The van der Waals surface area contributed by atoms with E-state index in [-0.39, 0.29) is 23.9 Å². The number of allylic oxidation sites excluding steroid dienone is 1. The fourth-order valence-corrected chi connectivity index (χ4v) is 2.96. The smallest absolute Gasteiger partial charge is 0.255 e. The molecule has 0 aliphatic carbocycles. The van der Waals surface area contributed by atoms with E-state index in [4.69, 9.17) is 0 Å². The number of hydrogen-bond donors (Lipinski definition) is 1. The molecular weight excluding hydrogens is 300 g/mol. The molecule has 0 saturated carbocycles. The van der Waals surface area contributed by atoms with E-state index in [1.807, 2.05) is 31.2 Å². The van der Waals surface area contributed by atoms with E-state index in [2.05, 4.69) is 39.6 Å². The maximum Gasteiger partial charge on any atom is 0.255 e. The molecule has 130 valence electrons. The average Bonchev–Trinajstić information content (AvgIpc) is 2.71. The van der Waals surface area contributed by atoms with E-state index >= 15 is 0 Å². The van der Waals surface area contributed by atoms with Crippen LogP contribution in [0.1, 0.15) is 69.4 Å². The minimum Gasteiger partial charge on any atom is -0.329 e. The van der Waals surface area contributed by atoms with Crippen molar-refractivity contribution in [2.24, 2.45) is 5.41 Å². The molecule has 1 aromatic carbocycles. The number of nitrogens with zero attached hydrogens (tertiary/aromatic N) is 1. The molecule has 1 fully saturated rings. The second kappa shape index (κ2) is 6.80. The first-order chi connectivity index (χ1) is 11.1. The quantitative estimate of drug-likeness (QED) is 0.845. The highest BCUT2D eigenvalue weighted by Crippen LogP contribution is 2.36. The van der Waals surface area contributed by atoms with E-state index in [0.717, 1.165) is 17.7 Å². The first-order valence-corrected chi connectivity index (χ1v) is 8.50. The Bertz CT molecular complexity index is 652. The molecule has 0 aromatic heterocycles. The summed E-state index contributed by atoms with van der Waals surface area (Å²) >= 11 is 0. The van der Waals surface area contributed by atoms with Crippen molar-refractivity contribution < 1.29 is 9.59 Å². The third kappa shape index (κ3) is 4.05. The second-order valence-corrected chi connectivity index (χ2v) is 8.12. The molecule has 2 unspecified atom stereocenters. The monoisotopic (exact) mass is 328 g/mol. The molecule has 3 rings (SSSR count). The van der Waals surface area contributed by atoms with Crippen LogP contribution in [0.15, 0.2) is 36.5 Å². The van der Waals surface area contributed by atoms with Gasteiger partial charge in [-0.3, -0.25) is 9.59 Å². The fourth-order valence-electron chi connectivity index (χ4n) is 2.96. The molecule has 4 nitrogen and oxygen atoms in total. The number of benzene rings is 1. The molecule has 4 heteroatoms. The third-order valence-corrected chi connectivity index (χ3v) is 3.95. The number of piperidine rings is 1. The topological polar surface area (TPSA) is 49.4 Å². The molecule has 2 amide bonds. The van der Waals surface area contributed by atoms with Gasteiger partial charge in [0, 0.05) is 11.3 Å². The lowest BCUT2D eigenvalue weighted by molar-refractivity contribution is -0.126. The van der Waals surface area contributed by atoms with Gasteiger partial charge >= 0.3 is 0 Å². The Morgan fingerprint density at radius 2 is 1.75 bits per heavy atom. The van der Waals surface area contributed by atoms with Crippen molar-refractivity contribution in [1.82, 2.24) is 10.2 Å². The van der Waals surface area contributed by atoms with E-state index < -0.39 is 0 Å². The lowest BCUT2D eigenvalue weighted by Crippen LogP contribution is -2.50. The van der Waals surface area contributed by atoms with E-state index in [1.54, 1.807) is 4.90 Å². The molecular formula is C20H28N2O2. The summed E-state index contributed by atoms with van der Waals surface area (Å²) in [5, 5.41) is 2.75. The number of nitrogens with one attached hydrogen (secondary N) is 1. The van der Waals surface area contributed by atoms with Crippen molar-refractivity contribution in [3.63, 3.8) is 0 Å². The molecule has 24 heavy (non-hydrogen) atoms. The van der Waals surface area contributed by atoms with E-state index in [1.165, 1.54) is 0 Å². The zero-order chi connectivity index (χ0) is 18.1. The predicted octanol–water partition coefficient (Wildman–Crippen LogP) is 4.05. The highest BCUT2D eigenvalue weighted by molar-refractivity contribution is 6.02. The normalized spacial score (nSPS) is 23.4.